The molecule has 124 valence electrons. The summed E-state index contributed by atoms with van der Waals surface area (Å²) < 4.78 is 28.8. The maximum Gasteiger partial charge on any atom is 0.263 e. The van der Waals surface area contributed by atoms with Crippen LogP contribution in [0.3, 0.4) is 0 Å². The van der Waals surface area contributed by atoms with Crippen molar-refractivity contribution in [2.24, 2.45) is 0 Å². The highest BCUT2D eigenvalue weighted by atomic mass is 35.5. The first-order valence-corrected chi connectivity index (χ1v) is 10.2. The van der Waals surface area contributed by atoms with Gasteiger partial charge in [-0.15, -0.1) is 11.3 Å². The molecule has 2 aromatic rings. The van der Waals surface area contributed by atoms with E-state index in [0.717, 1.165) is 0 Å². The molecule has 1 fully saturated rings. The summed E-state index contributed by atoms with van der Waals surface area (Å²) in [6, 6.07) is 3.06. The molecule has 1 aliphatic heterocycles. The van der Waals surface area contributed by atoms with Crippen LogP contribution in [0.15, 0.2) is 12.1 Å². The molecule has 1 atom stereocenters. The van der Waals surface area contributed by atoms with Crippen LogP contribution < -0.4 is 10.1 Å². The van der Waals surface area contributed by atoms with Gasteiger partial charge in [0.2, 0.25) is 0 Å². The van der Waals surface area contributed by atoms with Crippen LogP contribution in [0, 0.1) is 0 Å². The lowest BCUT2D eigenvalue weighted by Gasteiger charge is -2.09. The number of rotatable bonds is 3. The van der Waals surface area contributed by atoms with E-state index in [4.69, 9.17) is 27.9 Å². The van der Waals surface area contributed by atoms with E-state index in [1.807, 2.05) is 0 Å². The van der Waals surface area contributed by atoms with Crippen molar-refractivity contribution in [1.82, 2.24) is 5.32 Å². The quantitative estimate of drug-likeness (QED) is 0.868. The number of nitrogens with one attached hydrogen (secondary N) is 1. The summed E-state index contributed by atoms with van der Waals surface area (Å²) in [4.78, 5) is 12.7. The van der Waals surface area contributed by atoms with Crippen LogP contribution in [0.5, 0.6) is 5.75 Å². The minimum Gasteiger partial charge on any atom is -0.495 e. The van der Waals surface area contributed by atoms with Gasteiger partial charge < -0.3 is 10.1 Å². The molecule has 23 heavy (non-hydrogen) atoms. The van der Waals surface area contributed by atoms with Crippen LogP contribution in [0.2, 0.25) is 10.0 Å². The molecule has 1 saturated heterocycles. The molecule has 0 radical (unpaired) electrons. The Morgan fingerprint density at radius 1 is 1.35 bits per heavy atom. The Balaban J connectivity index is 1.92. The van der Waals surface area contributed by atoms with Crippen LogP contribution in [0.1, 0.15) is 16.1 Å². The van der Waals surface area contributed by atoms with E-state index < -0.39 is 9.84 Å². The fourth-order valence-electron chi connectivity index (χ4n) is 2.54. The van der Waals surface area contributed by atoms with Crippen molar-refractivity contribution in [1.29, 1.82) is 0 Å². The number of thiophene rings is 1. The summed E-state index contributed by atoms with van der Waals surface area (Å²) in [5.41, 5.74) is 0. The average Bonchev–Trinajstić information content (AvgIpc) is 3.00. The van der Waals surface area contributed by atoms with Crippen LogP contribution in [0.4, 0.5) is 0 Å². The van der Waals surface area contributed by atoms with Crippen LogP contribution >= 0.6 is 34.5 Å². The molecule has 9 heteroatoms. The summed E-state index contributed by atoms with van der Waals surface area (Å²) in [6.45, 7) is 0. The second-order valence-electron chi connectivity index (χ2n) is 5.28. The number of hydrogen-bond donors (Lipinski definition) is 1. The number of halogens is 2. The first-order chi connectivity index (χ1) is 10.8. The van der Waals surface area contributed by atoms with Crippen LogP contribution in [0.25, 0.3) is 10.1 Å². The van der Waals surface area contributed by atoms with Gasteiger partial charge in [0.25, 0.3) is 5.91 Å². The summed E-state index contributed by atoms with van der Waals surface area (Å²) in [6.07, 6.45) is 0.422. The van der Waals surface area contributed by atoms with Crippen molar-refractivity contribution >= 4 is 60.4 Å². The Labute approximate surface area is 147 Å². The predicted molar refractivity (Wildman–Crippen MR) is 92.9 cm³/mol. The van der Waals surface area contributed by atoms with E-state index in [0.29, 0.717) is 37.2 Å². The third-order valence-corrected chi connectivity index (χ3v) is 7.68. The van der Waals surface area contributed by atoms with E-state index >= 15 is 0 Å². The molecule has 0 saturated carbocycles. The zero-order valence-corrected chi connectivity index (χ0v) is 15.2. The second-order valence-corrected chi connectivity index (χ2v) is 9.28. The van der Waals surface area contributed by atoms with Gasteiger partial charge in [-0.2, -0.15) is 0 Å². The van der Waals surface area contributed by atoms with Crippen molar-refractivity contribution < 1.29 is 17.9 Å². The molecular weight excluding hydrogens is 381 g/mol. The highest BCUT2D eigenvalue weighted by Gasteiger charge is 2.30. The monoisotopic (exact) mass is 393 g/mol. The molecule has 1 aliphatic rings. The Morgan fingerprint density at radius 3 is 2.70 bits per heavy atom. The number of hydrogen-bond acceptors (Lipinski definition) is 5. The fourth-order valence-corrected chi connectivity index (χ4v) is 6.01. The van der Waals surface area contributed by atoms with Gasteiger partial charge in [-0.05, 0) is 18.6 Å². The van der Waals surface area contributed by atoms with Crippen molar-refractivity contribution in [2.75, 3.05) is 18.6 Å². The third-order valence-electron chi connectivity index (χ3n) is 3.70. The average molecular weight is 394 g/mol. The van der Waals surface area contributed by atoms with Crippen molar-refractivity contribution in [2.45, 2.75) is 12.5 Å². The van der Waals surface area contributed by atoms with Crippen molar-refractivity contribution in [3.63, 3.8) is 0 Å². The Kier molecular flexibility index (Phi) is 4.48. The maximum atomic E-state index is 12.4. The molecule has 0 unspecified atom stereocenters. The van der Waals surface area contributed by atoms with Gasteiger partial charge in [0.1, 0.15) is 15.6 Å². The second kappa shape index (κ2) is 6.12. The van der Waals surface area contributed by atoms with E-state index in [9.17, 15) is 13.2 Å². The summed E-state index contributed by atoms with van der Waals surface area (Å²) in [7, 11) is -1.55. The first kappa shape index (κ1) is 16.8. The van der Waals surface area contributed by atoms with Gasteiger partial charge in [0, 0.05) is 11.4 Å². The molecule has 0 aliphatic carbocycles. The smallest absolute Gasteiger partial charge is 0.263 e. The predicted octanol–water partition coefficient (Wildman–Crippen LogP) is 3.13. The SMILES string of the molecule is COc1ccc2c(Cl)c(C(=O)N[C@H]3CCS(=O)(=O)C3)sc2c1Cl. The minimum atomic E-state index is -3.06. The standard InChI is InChI=1S/C14H13Cl2NO4S2/c1-21-9-3-2-8-10(15)13(22-12(8)11(9)16)14(18)17-7-4-5-23(19,20)6-7/h2-3,7H,4-6H2,1H3,(H,17,18)/t7-/m0/s1. The topological polar surface area (TPSA) is 72.5 Å². The number of fused-ring (bicyclic) bond motifs is 1. The lowest BCUT2D eigenvalue weighted by Crippen LogP contribution is -2.35. The summed E-state index contributed by atoms with van der Waals surface area (Å²) in [5, 5.41) is 4.12. The van der Waals surface area contributed by atoms with Gasteiger partial charge >= 0.3 is 0 Å². The Bertz CT molecular complexity index is 892. The highest BCUT2D eigenvalue weighted by Crippen LogP contribution is 2.43. The number of benzene rings is 1. The largest absolute Gasteiger partial charge is 0.495 e. The van der Waals surface area contributed by atoms with Gasteiger partial charge in [-0.25, -0.2) is 8.42 Å². The molecule has 0 bridgehead atoms. The Hall–Kier alpha value is -1.02. The number of ether oxygens (including phenoxy) is 1. The number of amides is 1. The van der Waals surface area contributed by atoms with E-state index in [2.05, 4.69) is 5.32 Å². The minimum absolute atomic E-state index is 0.0319. The molecule has 1 aromatic heterocycles. The molecule has 1 aromatic carbocycles. The molecule has 5 nitrogen and oxygen atoms in total. The first-order valence-electron chi connectivity index (χ1n) is 6.78. The normalized spacial score (nSPS) is 19.9. The number of methoxy groups -OCH3 is 1. The molecule has 3 rings (SSSR count). The van der Waals surface area contributed by atoms with E-state index in [1.54, 1.807) is 12.1 Å². The van der Waals surface area contributed by atoms with Gasteiger partial charge in [0.05, 0.1) is 28.3 Å². The molecule has 2 heterocycles. The summed E-state index contributed by atoms with van der Waals surface area (Å²) in [5.74, 6) is 0.191. The van der Waals surface area contributed by atoms with E-state index in [-0.39, 0.29) is 23.5 Å². The van der Waals surface area contributed by atoms with Crippen molar-refractivity contribution in [3.8, 4) is 5.75 Å². The number of carbonyl (C=O) groups is 1. The zero-order valence-electron chi connectivity index (χ0n) is 12.1. The zero-order chi connectivity index (χ0) is 16.8. The van der Waals surface area contributed by atoms with Crippen LogP contribution in [-0.2, 0) is 9.84 Å². The lowest BCUT2D eigenvalue weighted by atomic mass is 10.2. The summed E-state index contributed by atoms with van der Waals surface area (Å²) >= 11 is 13.7. The molecule has 0 spiro atoms. The maximum absolute atomic E-state index is 12.4. The third kappa shape index (κ3) is 3.15. The molecule has 1 amide bonds. The molecular formula is C14H13Cl2NO4S2. The number of sulfone groups is 1. The lowest BCUT2D eigenvalue weighted by molar-refractivity contribution is 0.0945. The van der Waals surface area contributed by atoms with Crippen LogP contribution in [-0.4, -0.2) is 39.0 Å². The van der Waals surface area contributed by atoms with Crippen molar-refractivity contribution in [3.05, 3.63) is 27.1 Å². The number of carbonyl (C=O) groups excluding carboxylic acids is 1. The Morgan fingerprint density at radius 2 is 2.09 bits per heavy atom. The van der Waals surface area contributed by atoms with Gasteiger partial charge in [0.15, 0.2) is 9.84 Å². The van der Waals surface area contributed by atoms with Gasteiger partial charge in [-0.1, -0.05) is 23.2 Å². The molecule has 1 N–H and O–H groups in total. The van der Waals surface area contributed by atoms with Gasteiger partial charge in [-0.3, -0.25) is 4.79 Å². The highest BCUT2D eigenvalue weighted by molar-refractivity contribution is 7.91. The fraction of sp³-hybridized carbons (Fsp3) is 0.357. The van der Waals surface area contributed by atoms with E-state index in [1.165, 1.54) is 18.4 Å².